The summed E-state index contributed by atoms with van der Waals surface area (Å²) in [6.45, 7) is 3.80. The molecule has 0 aliphatic carbocycles. The monoisotopic (exact) mass is 193 g/mol. The van der Waals surface area contributed by atoms with E-state index in [2.05, 4.69) is 0 Å². The topological polar surface area (TPSA) is 49.3 Å². The Morgan fingerprint density at radius 3 is 2.36 bits per heavy atom. The van der Waals surface area contributed by atoms with Crippen molar-refractivity contribution >= 4 is 5.91 Å². The molecule has 1 amide bonds. The molecule has 0 aromatic carbocycles. The molecule has 14 heavy (non-hydrogen) atoms. The number of amides is 1. The van der Waals surface area contributed by atoms with Crippen LogP contribution in [0.25, 0.3) is 0 Å². The first kappa shape index (κ1) is 12.4. The van der Waals surface area contributed by atoms with Gasteiger partial charge >= 0.3 is 0 Å². The molecule has 0 spiro atoms. The van der Waals surface area contributed by atoms with E-state index >= 15 is 0 Å². The van der Waals surface area contributed by atoms with Gasteiger partial charge in [0, 0.05) is 6.08 Å². The first-order valence-electron chi connectivity index (χ1n) is 4.32. The summed E-state index contributed by atoms with van der Waals surface area (Å²) in [5.41, 5.74) is 2.41. The second-order valence-corrected chi connectivity index (χ2v) is 2.50. The molecule has 0 aromatic heterocycles. The van der Waals surface area contributed by atoms with Crippen LogP contribution >= 0.6 is 0 Å². The zero-order valence-electron chi connectivity index (χ0n) is 8.40. The Balaban J connectivity index is 4.52. The maximum atomic E-state index is 10.7. The molecule has 0 fully saturated rings. The Morgan fingerprint density at radius 2 is 1.86 bits per heavy atom. The summed E-state index contributed by atoms with van der Waals surface area (Å²) in [5.74, 6) is -0.541. The molecule has 0 unspecified atom stereocenters. The van der Waals surface area contributed by atoms with Gasteiger partial charge in [-0.2, -0.15) is 0 Å². The first-order valence-corrected chi connectivity index (χ1v) is 4.32. The Morgan fingerprint density at radius 1 is 1.14 bits per heavy atom. The second kappa shape index (κ2) is 8.01. The molecule has 76 valence electrons. The lowest BCUT2D eigenvalue weighted by molar-refractivity contribution is -0.124. The fourth-order valence-corrected chi connectivity index (χ4v) is 0.776. The molecule has 3 heteroatoms. The van der Waals surface area contributed by atoms with E-state index in [-0.39, 0.29) is 0 Å². The van der Waals surface area contributed by atoms with Crippen LogP contribution in [-0.2, 0) is 4.79 Å². The van der Waals surface area contributed by atoms with Gasteiger partial charge in [-0.1, -0.05) is 30.4 Å². The van der Waals surface area contributed by atoms with E-state index in [1.54, 1.807) is 6.08 Å². The molecule has 0 aliphatic rings. The van der Waals surface area contributed by atoms with Crippen molar-refractivity contribution in [1.82, 2.24) is 5.48 Å². The number of allylic oxidation sites excluding steroid dienone is 7. The highest BCUT2D eigenvalue weighted by atomic mass is 16.5. The summed E-state index contributed by atoms with van der Waals surface area (Å²) < 4.78 is 0. The third-order valence-electron chi connectivity index (χ3n) is 1.38. The van der Waals surface area contributed by atoms with E-state index in [9.17, 15) is 4.79 Å². The standard InChI is InChI=1S/C11H15NO2/c1-3-5-7-10(6-4-2)8-9-11(13)12-14/h3-9,14H,1-2H3,(H,12,13)/b5-3-,6-4-,9-8+,10-7+. The van der Waals surface area contributed by atoms with Crippen LogP contribution in [0.4, 0.5) is 0 Å². The van der Waals surface area contributed by atoms with Crippen LogP contribution in [0.1, 0.15) is 13.8 Å². The number of hydrogen-bond donors (Lipinski definition) is 2. The van der Waals surface area contributed by atoms with Crippen LogP contribution in [0.5, 0.6) is 0 Å². The summed E-state index contributed by atoms with van der Waals surface area (Å²) in [5, 5.41) is 8.25. The van der Waals surface area contributed by atoms with Crippen LogP contribution in [0.15, 0.2) is 48.1 Å². The minimum Gasteiger partial charge on any atom is -0.288 e. The lowest BCUT2D eigenvalue weighted by Crippen LogP contribution is -2.14. The highest BCUT2D eigenvalue weighted by Crippen LogP contribution is 2.00. The first-order chi connectivity index (χ1) is 6.74. The molecule has 0 heterocycles. The van der Waals surface area contributed by atoms with Gasteiger partial charge in [0.1, 0.15) is 0 Å². The molecule has 0 rings (SSSR count). The third kappa shape index (κ3) is 5.97. The third-order valence-corrected chi connectivity index (χ3v) is 1.38. The highest BCUT2D eigenvalue weighted by Gasteiger charge is 1.89. The zero-order chi connectivity index (χ0) is 10.8. The molecule has 0 aliphatic heterocycles. The van der Waals surface area contributed by atoms with Crippen molar-refractivity contribution in [2.45, 2.75) is 13.8 Å². The lowest BCUT2D eigenvalue weighted by Gasteiger charge is -1.91. The van der Waals surface area contributed by atoms with Gasteiger partial charge < -0.3 is 0 Å². The summed E-state index contributed by atoms with van der Waals surface area (Å²) in [6, 6.07) is 0. The van der Waals surface area contributed by atoms with Gasteiger partial charge in [0.05, 0.1) is 0 Å². The van der Waals surface area contributed by atoms with Gasteiger partial charge in [0.15, 0.2) is 0 Å². The predicted molar refractivity (Wildman–Crippen MR) is 56.8 cm³/mol. The number of nitrogens with one attached hydrogen (secondary N) is 1. The Labute approximate surface area is 84.1 Å². The highest BCUT2D eigenvalue weighted by molar-refractivity contribution is 5.87. The number of hydroxylamine groups is 1. The summed E-state index contributed by atoms with van der Waals surface area (Å²) in [4.78, 5) is 10.7. The number of rotatable bonds is 4. The van der Waals surface area contributed by atoms with Crippen LogP contribution < -0.4 is 5.48 Å². The fraction of sp³-hybridized carbons (Fsp3) is 0.182. The average Bonchev–Trinajstić information content (AvgIpc) is 2.21. The van der Waals surface area contributed by atoms with E-state index in [1.165, 1.54) is 11.6 Å². The maximum Gasteiger partial charge on any atom is 0.267 e. The fourth-order valence-electron chi connectivity index (χ4n) is 0.776. The molecule has 0 bridgehead atoms. The van der Waals surface area contributed by atoms with E-state index in [0.29, 0.717) is 0 Å². The van der Waals surface area contributed by atoms with E-state index in [0.717, 1.165) is 5.57 Å². The molecule has 0 radical (unpaired) electrons. The van der Waals surface area contributed by atoms with Gasteiger partial charge in [-0.15, -0.1) is 0 Å². The number of hydrogen-bond acceptors (Lipinski definition) is 2. The number of carbonyl (C=O) groups excluding carboxylic acids is 1. The molecule has 3 nitrogen and oxygen atoms in total. The normalized spacial score (nSPS) is 13.2. The van der Waals surface area contributed by atoms with Crippen LogP contribution in [0, 0.1) is 0 Å². The van der Waals surface area contributed by atoms with Crippen molar-refractivity contribution in [1.29, 1.82) is 0 Å². The van der Waals surface area contributed by atoms with E-state index in [1.807, 2.05) is 44.2 Å². The molecular formula is C11H15NO2. The van der Waals surface area contributed by atoms with Crippen molar-refractivity contribution in [3.8, 4) is 0 Å². The lowest BCUT2D eigenvalue weighted by atomic mass is 10.2. The van der Waals surface area contributed by atoms with Gasteiger partial charge in [0.2, 0.25) is 0 Å². The van der Waals surface area contributed by atoms with Gasteiger partial charge in [-0.25, -0.2) is 5.48 Å². The quantitative estimate of drug-likeness (QED) is 0.311. The van der Waals surface area contributed by atoms with Crippen molar-refractivity contribution in [3.63, 3.8) is 0 Å². The van der Waals surface area contributed by atoms with Crippen molar-refractivity contribution in [3.05, 3.63) is 48.1 Å². The summed E-state index contributed by atoms with van der Waals surface area (Å²) in [6.07, 6.45) is 12.2. The molecule has 0 saturated carbocycles. The summed E-state index contributed by atoms with van der Waals surface area (Å²) in [7, 11) is 0. The molecule has 0 saturated heterocycles. The van der Waals surface area contributed by atoms with Crippen molar-refractivity contribution in [2.75, 3.05) is 0 Å². The Kier molecular flexibility index (Phi) is 7.09. The van der Waals surface area contributed by atoms with Crippen molar-refractivity contribution < 1.29 is 10.0 Å². The summed E-state index contributed by atoms with van der Waals surface area (Å²) >= 11 is 0. The largest absolute Gasteiger partial charge is 0.288 e. The van der Waals surface area contributed by atoms with Crippen LogP contribution in [-0.4, -0.2) is 11.1 Å². The minimum absolute atomic E-state index is 0.541. The zero-order valence-corrected chi connectivity index (χ0v) is 8.40. The van der Waals surface area contributed by atoms with Crippen molar-refractivity contribution in [2.24, 2.45) is 0 Å². The van der Waals surface area contributed by atoms with E-state index in [4.69, 9.17) is 5.21 Å². The van der Waals surface area contributed by atoms with E-state index < -0.39 is 5.91 Å². The van der Waals surface area contributed by atoms with Gasteiger partial charge in [-0.3, -0.25) is 10.0 Å². The maximum absolute atomic E-state index is 10.7. The second-order valence-electron chi connectivity index (χ2n) is 2.50. The minimum atomic E-state index is -0.541. The Hall–Kier alpha value is -1.61. The SMILES string of the molecule is C\C=C/C=C(\C=C/C)/C=C/C(=O)NO. The Bertz CT molecular complexity index is 286. The van der Waals surface area contributed by atoms with Crippen LogP contribution in [0.3, 0.4) is 0 Å². The average molecular weight is 193 g/mol. The van der Waals surface area contributed by atoms with Gasteiger partial charge in [0.25, 0.3) is 5.91 Å². The predicted octanol–water partition coefficient (Wildman–Crippen LogP) is 2.13. The molecular weight excluding hydrogens is 178 g/mol. The molecule has 0 aromatic rings. The smallest absolute Gasteiger partial charge is 0.267 e. The van der Waals surface area contributed by atoms with Gasteiger partial charge in [-0.05, 0) is 25.5 Å². The molecule has 2 N–H and O–H groups in total. The molecule has 0 atom stereocenters. The van der Waals surface area contributed by atoms with Crippen LogP contribution in [0.2, 0.25) is 0 Å². The number of carbonyl (C=O) groups is 1.